The zero-order valence-corrected chi connectivity index (χ0v) is 13.7. The molecule has 2 rings (SSSR count). The first kappa shape index (κ1) is 17.6. The maximum Gasteiger partial charge on any atom is 0.239 e. The Bertz CT molecular complexity index is 653. The molecule has 0 fully saturated rings. The molecule has 128 valence electrons. The summed E-state index contributed by atoms with van der Waals surface area (Å²) >= 11 is 0. The molecule has 1 heterocycles. The average Bonchev–Trinajstić information content (AvgIpc) is 3.08. The van der Waals surface area contributed by atoms with Gasteiger partial charge < -0.3 is 19.8 Å². The molecule has 0 saturated heterocycles. The lowest BCUT2D eigenvalue weighted by Gasteiger charge is -2.08. The van der Waals surface area contributed by atoms with Gasteiger partial charge in [-0.3, -0.25) is 9.59 Å². The van der Waals surface area contributed by atoms with E-state index < -0.39 is 0 Å². The Labute approximate surface area is 141 Å². The van der Waals surface area contributed by atoms with Crippen LogP contribution in [0.3, 0.4) is 0 Å². The first-order valence-electron chi connectivity index (χ1n) is 7.89. The smallest absolute Gasteiger partial charge is 0.239 e. The third-order valence-electron chi connectivity index (χ3n) is 3.29. The lowest BCUT2D eigenvalue weighted by molar-refractivity contribution is -0.126. The van der Waals surface area contributed by atoms with Crippen LogP contribution in [0.1, 0.15) is 24.2 Å². The van der Waals surface area contributed by atoms with Gasteiger partial charge in [-0.25, -0.2) is 0 Å². The topological polar surface area (TPSA) is 80.6 Å². The molecular formula is C18H22N2O4. The van der Waals surface area contributed by atoms with Gasteiger partial charge in [0.1, 0.15) is 11.5 Å². The molecule has 6 heteroatoms. The van der Waals surface area contributed by atoms with E-state index in [0.717, 1.165) is 11.3 Å². The van der Waals surface area contributed by atoms with E-state index in [0.29, 0.717) is 31.8 Å². The molecule has 24 heavy (non-hydrogen) atoms. The quantitative estimate of drug-likeness (QED) is 0.691. The van der Waals surface area contributed by atoms with E-state index >= 15 is 0 Å². The predicted octanol–water partition coefficient (Wildman–Crippen LogP) is 2.18. The molecule has 2 aromatic rings. The lowest BCUT2D eigenvalue weighted by Crippen LogP contribution is -2.36. The molecule has 0 unspecified atom stereocenters. The minimum absolute atomic E-state index is 0.0434. The van der Waals surface area contributed by atoms with Gasteiger partial charge in [-0.15, -0.1) is 0 Å². The molecule has 2 amide bonds. The second-order valence-electron chi connectivity index (χ2n) is 5.40. The number of hydrogen-bond acceptors (Lipinski definition) is 4. The number of rotatable bonds is 9. The number of hydrogen-bond donors (Lipinski definition) is 2. The van der Waals surface area contributed by atoms with E-state index in [-0.39, 0.29) is 18.4 Å². The molecule has 1 aromatic heterocycles. The molecule has 0 atom stereocenters. The first-order chi connectivity index (χ1) is 11.6. The summed E-state index contributed by atoms with van der Waals surface area (Å²) in [4.78, 5) is 23.3. The highest BCUT2D eigenvalue weighted by Gasteiger charge is 2.06. The van der Waals surface area contributed by atoms with Crippen LogP contribution in [0.2, 0.25) is 0 Å². The number of aryl methyl sites for hydroxylation is 1. The van der Waals surface area contributed by atoms with Crippen molar-refractivity contribution in [3.05, 3.63) is 54.0 Å². The molecule has 1 aromatic carbocycles. The van der Waals surface area contributed by atoms with Gasteiger partial charge in [-0.2, -0.15) is 0 Å². The van der Waals surface area contributed by atoms with Crippen LogP contribution in [-0.4, -0.2) is 25.0 Å². The Hall–Kier alpha value is -2.76. The van der Waals surface area contributed by atoms with Crippen LogP contribution in [0, 0.1) is 6.92 Å². The van der Waals surface area contributed by atoms with Crippen molar-refractivity contribution in [1.82, 2.24) is 10.6 Å². The van der Waals surface area contributed by atoms with Crippen LogP contribution >= 0.6 is 0 Å². The van der Waals surface area contributed by atoms with E-state index in [4.69, 9.17) is 9.15 Å². The van der Waals surface area contributed by atoms with Gasteiger partial charge in [0.2, 0.25) is 11.8 Å². The van der Waals surface area contributed by atoms with Crippen molar-refractivity contribution >= 4 is 11.8 Å². The van der Waals surface area contributed by atoms with E-state index in [1.807, 2.05) is 31.2 Å². The molecule has 0 aliphatic rings. The highest BCUT2D eigenvalue weighted by atomic mass is 16.5. The number of amides is 2. The fourth-order valence-corrected chi connectivity index (χ4v) is 2.06. The average molecular weight is 330 g/mol. The van der Waals surface area contributed by atoms with Crippen molar-refractivity contribution in [2.75, 3.05) is 13.2 Å². The Balaban J connectivity index is 1.53. The highest BCUT2D eigenvalue weighted by Crippen LogP contribution is 2.12. The van der Waals surface area contributed by atoms with Gasteiger partial charge in [0.05, 0.1) is 26.0 Å². The van der Waals surface area contributed by atoms with Crippen LogP contribution < -0.4 is 15.4 Å². The van der Waals surface area contributed by atoms with E-state index in [9.17, 15) is 9.59 Å². The maximum atomic E-state index is 11.7. The fourth-order valence-electron chi connectivity index (χ4n) is 2.06. The van der Waals surface area contributed by atoms with Crippen molar-refractivity contribution in [1.29, 1.82) is 0 Å². The summed E-state index contributed by atoms with van der Waals surface area (Å²) < 4.78 is 10.7. The number of furan rings is 1. The number of carbonyl (C=O) groups is 2. The van der Waals surface area contributed by atoms with Gasteiger partial charge in [0.25, 0.3) is 0 Å². The van der Waals surface area contributed by atoms with Crippen molar-refractivity contribution in [3.63, 3.8) is 0 Å². The fraction of sp³-hybridized carbons (Fsp3) is 0.333. The summed E-state index contributed by atoms with van der Waals surface area (Å²) in [7, 11) is 0. The second-order valence-corrected chi connectivity index (χ2v) is 5.40. The molecule has 0 aliphatic carbocycles. The number of carbonyl (C=O) groups excluding carboxylic acids is 2. The third kappa shape index (κ3) is 6.56. The van der Waals surface area contributed by atoms with E-state index in [2.05, 4.69) is 10.6 Å². The van der Waals surface area contributed by atoms with E-state index in [1.165, 1.54) is 0 Å². The number of ether oxygens (including phenoxy) is 1. The lowest BCUT2D eigenvalue weighted by atomic mass is 10.2. The second kappa shape index (κ2) is 9.39. The largest absolute Gasteiger partial charge is 0.494 e. The van der Waals surface area contributed by atoms with Crippen LogP contribution in [0.15, 0.2) is 47.1 Å². The molecule has 0 aliphatic heterocycles. The minimum atomic E-state index is -0.254. The molecule has 0 radical (unpaired) electrons. The van der Waals surface area contributed by atoms with Gasteiger partial charge >= 0.3 is 0 Å². The van der Waals surface area contributed by atoms with Crippen molar-refractivity contribution in [2.45, 2.75) is 26.3 Å². The van der Waals surface area contributed by atoms with Crippen molar-refractivity contribution in [2.24, 2.45) is 0 Å². The van der Waals surface area contributed by atoms with Gasteiger partial charge in [0.15, 0.2) is 0 Å². The van der Waals surface area contributed by atoms with Crippen LogP contribution in [0.5, 0.6) is 5.75 Å². The predicted molar refractivity (Wildman–Crippen MR) is 89.5 cm³/mol. The molecule has 0 saturated carbocycles. The summed E-state index contributed by atoms with van der Waals surface area (Å²) in [5, 5.41) is 5.25. The van der Waals surface area contributed by atoms with Gasteiger partial charge in [-0.1, -0.05) is 12.1 Å². The van der Waals surface area contributed by atoms with Crippen molar-refractivity contribution < 1.29 is 18.7 Å². The normalized spacial score (nSPS) is 10.2. The molecule has 2 N–H and O–H groups in total. The van der Waals surface area contributed by atoms with Crippen LogP contribution in [-0.2, 0) is 16.1 Å². The summed E-state index contributed by atoms with van der Waals surface area (Å²) in [5.74, 6) is 1.04. The Morgan fingerprint density at radius 2 is 2.00 bits per heavy atom. The monoisotopic (exact) mass is 330 g/mol. The van der Waals surface area contributed by atoms with Crippen LogP contribution in [0.4, 0.5) is 0 Å². The van der Waals surface area contributed by atoms with Gasteiger partial charge in [0, 0.05) is 6.42 Å². The molecular weight excluding hydrogens is 308 g/mol. The maximum absolute atomic E-state index is 11.7. The number of nitrogens with one attached hydrogen (secondary N) is 2. The number of benzene rings is 1. The first-order valence-corrected chi connectivity index (χ1v) is 7.89. The third-order valence-corrected chi connectivity index (χ3v) is 3.29. The summed E-state index contributed by atoms with van der Waals surface area (Å²) in [6.45, 7) is 2.73. The Kier molecular flexibility index (Phi) is 6.89. The van der Waals surface area contributed by atoms with E-state index in [1.54, 1.807) is 18.4 Å². The van der Waals surface area contributed by atoms with Crippen LogP contribution in [0.25, 0.3) is 0 Å². The summed E-state index contributed by atoms with van der Waals surface area (Å²) in [6, 6.07) is 11.3. The Morgan fingerprint density at radius 1 is 1.12 bits per heavy atom. The van der Waals surface area contributed by atoms with Crippen molar-refractivity contribution in [3.8, 4) is 5.75 Å². The SMILES string of the molecule is Cc1cccc(OCCCC(=O)NCC(=O)NCc2ccco2)c1. The standard InChI is InChI=1S/C18H22N2O4/c1-14-5-2-6-15(11-14)23-10-4-8-17(21)20-13-18(22)19-12-16-7-3-9-24-16/h2-3,5-7,9,11H,4,8,10,12-13H2,1H3,(H,19,22)(H,20,21). The molecule has 0 spiro atoms. The zero-order valence-electron chi connectivity index (χ0n) is 13.7. The zero-order chi connectivity index (χ0) is 17.2. The Morgan fingerprint density at radius 3 is 2.75 bits per heavy atom. The van der Waals surface area contributed by atoms with Gasteiger partial charge in [-0.05, 0) is 43.2 Å². The molecule has 0 bridgehead atoms. The molecule has 6 nitrogen and oxygen atoms in total. The highest BCUT2D eigenvalue weighted by molar-refractivity contribution is 5.84. The summed E-state index contributed by atoms with van der Waals surface area (Å²) in [6.07, 6.45) is 2.45. The minimum Gasteiger partial charge on any atom is -0.494 e. The summed E-state index contributed by atoms with van der Waals surface area (Å²) in [5.41, 5.74) is 1.13.